The molecule has 0 radical (unpaired) electrons. The highest BCUT2D eigenvalue weighted by Gasteiger charge is 2.22. The van der Waals surface area contributed by atoms with Crippen LogP contribution in [0.4, 0.5) is 5.82 Å². The average molecular weight is 462 g/mol. The third-order valence-electron chi connectivity index (χ3n) is 5.17. The Morgan fingerprint density at radius 1 is 1.00 bits per heavy atom. The first-order chi connectivity index (χ1) is 15.7. The molecule has 4 rings (SSSR count). The normalized spacial score (nSPS) is 11.5. The number of para-hydroxylation sites is 2. The topological polar surface area (TPSA) is 90.5 Å². The Balaban J connectivity index is 1.53. The molecule has 0 bridgehead atoms. The predicted octanol–water partition coefficient (Wildman–Crippen LogP) is 4.49. The second-order valence-electron chi connectivity index (χ2n) is 8.86. The van der Waals surface area contributed by atoms with Crippen LogP contribution in [0.3, 0.4) is 0 Å². The fraction of sp³-hybridized carbons (Fsp3) is 0.292. The quantitative estimate of drug-likeness (QED) is 0.426. The Hall–Kier alpha value is -3.46. The lowest BCUT2D eigenvalue weighted by molar-refractivity contribution is -0.113. The molecule has 9 heteroatoms. The number of thioether (sulfide) groups is 1. The van der Waals surface area contributed by atoms with Crippen LogP contribution in [0.1, 0.15) is 37.6 Å². The molecule has 0 atom stereocenters. The standard InChI is InChI=1S/C24H27N7OS/c1-16-10-9-11-17(2)22(16)31-23(26-28-29-31)33-15-21(32)25-20-14-19(24(3,4)5)27-30(20)18-12-7-6-8-13-18/h6-14H,15H2,1-5H3,(H,25,32). The molecular formula is C24H27N7OS. The van der Waals surface area contributed by atoms with Gasteiger partial charge >= 0.3 is 0 Å². The van der Waals surface area contributed by atoms with Gasteiger partial charge in [-0.1, -0.05) is 68.9 Å². The summed E-state index contributed by atoms with van der Waals surface area (Å²) in [5.74, 6) is 0.635. The Labute approximate surface area is 197 Å². The molecule has 0 saturated heterocycles. The molecule has 0 aliphatic heterocycles. The minimum absolute atomic E-state index is 0.151. The first-order valence-corrected chi connectivity index (χ1v) is 11.7. The van der Waals surface area contributed by atoms with Crippen molar-refractivity contribution < 1.29 is 4.79 Å². The van der Waals surface area contributed by atoms with Crippen molar-refractivity contribution in [3.63, 3.8) is 0 Å². The lowest BCUT2D eigenvalue weighted by atomic mass is 9.92. The van der Waals surface area contributed by atoms with E-state index in [2.05, 4.69) is 41.6 Å². The predicted molar refractivity (Wildman–Crippen MR) is 130 cm³/mol. The van der Waals surface area contributed by atoms with Gasteiger partial charge in [-0.3, -0.25) is 4.79 Å². The molecule has 1 N–H and O–H groups in total. The lowest BCUT2D eigenvalue weighted by Gasteiger charge is -2.14. The highest BCUT2D eigenvalue weighted by molar-refractivity contribution is 7.99. The number of anilines is 1. The molecule has 1 amide bonds. The Kier molecular flexibility index (Phi) is 6.33. The number of nitrogens with zero attached hydrogens (tertiary/aromatic N) is 6. The van der Waals surface area contributed by atoms with E-state index in [0.717, 1.165) is 28.2 Å². The van der Waals surface area contributed by atoms with Crippen LogP contribution in [0.2, 0.25) is 0 Å². The summed E-state index contributed by atoms with van der Waals surface area (Å²) in [6, 6.07) is 17.7. The lowest BCUT2D eigenvalue weighted by Crippen LogP contribution is -2.17. The summed E-state index contributed by atoms with van der Waals surface area (Å²) in [5.41, 5.74) is 4.69. The molecule has 2 aromatic heterocycles. The number of hydrogen-bond acceptors (Lipinski definition) is 6. The number of tetrazole rings is 1. The van der Waals surface area contributed by atoms with Crippen LogP contribution in [0.5, 0.6) is 0 Å². The van der Waals surface area contributed by atoms with Crippen molar-refractivity contribution >= 4 is 23.5 Å². The molecule has 0 aliphatic rings. The Morgan fingerprint density at radius 2 is 1.70 bits per heavy atom. The fourth-order valence-corrected chi connectivity index (χ4v) is 4.14. The van der Waals surface area contributed by atoms with Crippen molar-refractivity contribution in [2.75, 3.05) is 11.1 Å². The van der Waals surface area contributed by atoms with Crippen LogP contribution in [-0.2, 0) is 10.2 Å². The zero-order valence-corrected chi connectivity index (χ0v) is 20.2. The molecule has 0 unspecified atom stereocenters. The van der Waals surface area contributed by atoms with Gasteiger partial charge in [0.05, 0.1) is 22.8 Å². The number of carbonyl (C=O) groups is 1. The number of rotatable bonds is 6. The van der Waals surface area contributed by atoms with E-state index >= 15 is 0 Å². The van der Waals surface area contributed by atoms with E-state index < -0.39 is 0 Å². The minimum atomic E-state index is -0.159. The zero-order chi connectivity index (χ0) is 23.6. The first-order valence-electron chi connectivity index (χ1n) is 10.7. The summed E-state index contributed by atoms with van der Waals surface area (Å²) >= 11 is 1.29. The smallest absolute Gasteiger partial charge is 0.236 e. The van der Waals surface area contributed by atoms with Crippen molar-refractivity contribution in [1.29, 1.82) is 0 Å². The maximum Gasteiger partial charge on any atom is 0.236 e. The van der Waals surface area contributed by atoms with Crippen LogP contribution in [0.15, 0.2) is 59.8 Å². The number of aryl methyl sites for hydroxylation is 2. The average Bonchev–Trinajstić information content (AvgIpc) is 3.40. The summed E-state index contributed by atoms with van der Waals surface area (Å²) < 4.78 is 3.46. The summed E-state index contributed by atoms with van der Waals surface area (Å²) in [4.78, 5) is 12.9. The van der Waals surface area contributed by atoms with Crippen molar-refractivity contribution in [1.82, 2.24) is 30.0 Å². The van der Waals surface area contributed by atoms with Crippen LogP contribution in [0, 0.1) is 13.8 Å². The number of carbonyl (C=O) groups excluding carboxylic acids is 1. The number of aromatic nitrogens is 6. The van der Waals surface area contributed by atoms with Crippen LogP contribution < -0.4 is 5.32 Å². The van der Waals surface area contributed by atoms with Crippen LogP contribution >= 0.6 is 11.8 Å². The van der Waals surface area contributed by atoms with Crippen molar-refractivity contribution in [2.24, 2.45) is 0 Å². The Bertz CT molecular complexity index is 1250. The summed E-state index contributed by atoms with van der Waals surface area (Å²) in [7, 11) is 0. The molecule has 0 aliphatic carbocycles. The second-order valence-corrected chi connectivity index (χ2v) is 9.81. The van der Waals surface area contributed by atoms with Gasteiger partial charge in [-0.25, -0.2) is 4.68 Å². The van der Waals surface area contributed by atoms with Gasteiger partial charge in [0.15, 0.2) is 0 Å². The number of hydrogen-bond donors (Lipinski definition) is 1. The molecule has 2 aromatic carbocycles. The van der Waals surface area contributed by atoms with Crippen LogP contribution in [0.25, 0.3) is 11.4 Å². The minimum Gasteiger partial charge on any atom is -0.310 e. The molecule has 0 saturated carbocycles. The van der Waals surface area contributed by atoms with E-state index in [9.17, 15) is 4.79 Å². The first kappa shape index (κ1) is 22.7. The third kappa shape index (κ3) is 4.98. The van der Waals surface area contributed by atoms with Gasteiger partial charge in [0, 0.05) is 11.5 Å². The van der Waals surface area contributed by atoms with E-state index in [-0.39, 0.29) is 17.1 Å². The van der Waals surface area contributed by atoms with Crippen molar-refractivity contribution in [2.45, 2.75) is 45.2 Å². The van der Waals surface area contributed by atoms with E-state index in [4.69, 9.17) is 5.10 Å². The van der Waals surface area contributed by atoms with E-state index in [1.54, 1.807) is 9.36 Å². The number of benzene rings is 2. The van der Waals surface area contributed by atoms with Gasteiger partial charge in [0.1, 0.15) is 5.82 Å². The van der Waals surface area contributed by atoms with E-state index in [1.165, 1.54) is 11.8 Å². The number of amides is 1. The fourth-order valence-electron chi connectivity index (χ4n) is 3.46. The maximum absolute atomic E-state index is 12.9. The maximum atomic E-state index is 12.9. The SMILES string of the molecule is Cc1cccc(C)c1-n1nnnc1SCC(=O)Nc1cc(C(C)(C)C)nn1-c1ccccc1. The number of nitrogens with one attached hydrogen (secondary N) is 1. The van der Waals surface area contributed by atoms with Crippen molar-refractivity contribution in [3.05, 3.63) is 71.4 Å². The summed E-state index contributed by atoms with van der Waals surface area (Å²) in [6.07, 6.45) is 0. The molecule has 33 heavy (non-hydrogen) atoms. The van der Waals surface area contributed by atoms with Gasteiger partial charge in [-0.2, -0.15) is 9.78 Å². The monoisotopic (exact) mass is 461 g/mol. The molecular weight excluding hydrogens is 434 g/mol. The molecule has 4 aromatic rings. The van der Waals surface area contributed by atoms with Gasteiger partial charge < -0.3 is 5.32 Å². The second kappa shape index (κ2) is 9.19. The largest absolute Gasteiger partial charge is 0.310 e. The van der Waals surface area contributed by atoms with Gasteiger partial charge in [-0.05, 0) is 47.5 Å². The summed E-state index contributed by atoms with van der Waals surface area (Å²) in [6.45, 7) is 10.3. The van der Waals surface area contributed by atoms with Crippen molar-refractivity contribution in [3.8, 4) is 11.4 Å². The van der Waals surface area contributed by atoms with Crippen LogP contribution in [-0.4, -0.2) is 41.6 Å². The molecule has 0 fully saturated rings. The highest BCUT2D eigenvalue weighted by atomic mass is 32.2. The van der Waals surface area contributed by atoms with Gasteiger partial charge in [0.25, 0.3) is 0 Å². The molecule has 170 valence electrons. The molecule has 0 spiro atoms. The molecule has 2 heterocycles. The zero-order valence-electron chi connectivity index (χ0n) is 19.4. The summed E-state index contributed by atoms with van der Waals surface area (Å²) in [5, 5.41) is 20.4. The third-order valence-corrected chi connectivity index (χ3v) is 6.09. The molecule has 8 nitrogen and oxygen atoms in total. The Morgan fingerprint density at radius 3 is 2.36 bits per heavy atom. The van der Waals surface area contributed by atoms with Gasteiger partial charge in [-0.15, -0.1) is 5.10 Å². The van der Waals surface area contributed by atoms with E-state index in [1.807, 2.05) is 68.4 Å². The van der Waals surface area contributed by atoms with Gasteiger partial charge in [0.2, 0.25) is 11.1 Å². The van der Waals surface area contributed by atoms with E-state index in [0.29, 0.717) is 11.0 Å². The highest BCUT2D eigenvalue weighted by Crippen LogP contribution is 2.27.